The standard InChI is InChI=1S/C13H10BrClN2O2/c14-9-1-4-11(5-2-9)19-8-13(18)17-10-3-6-12(15)16-7-10/h1-7H,8H2,(H,17,18). The van der Waals surface area contributed by atoms with E-state index in [9.17, 15) is 4.79 Å². The number of carbonyl (C=O) groups is 1. The molecule has 6 heteroatoms. The average molecular weight is 342 g/mol. The summed E-state index contributed by atoms with van der Waals surface area (Å²) in [5, 5.41) is 3.04. The highest BCUT2D eigenvalue weighted by atomic mass is 79.9. The summed E-state index contributed by atoms with van der Waals surface area (Å²) in [7, 11) is 0. The first-order chi connectivity index (χ1) is 9.13. The molecule has 0 spiro atoms. The quantitative estimate of drug-likeness (QED) is 0.866. The molecule has 0 aliphatic rings. The van der Waals surface area contributed by atoms with Gasteiger partial charge in [0.05, 0.1) is 11.9 Å². The molecule has 0 aliphatic heterocycles. The van der Waals surface area contributed by atoms with Crippen LogP contribution in [0.2, 0.25) is 5.15 Å². The van der Waals surface area contributed by atoms with E-state index in [1.807, 2.05) is 12.1 Å². The van der Waals surface area contributed by atoms with Crippen molar-refractivity contribution in [1.82, 2.24) is 4.98 Å². The van der Waals surface area contributed by atoms with Gasteiger partial charge in [0, 0.05) is 4.47 Å². The van der Waals surface area contributed by atoms with Gasteiger partial charge in [0.1, 0.15) is 10.9 Å². The summed E-state index contributed by atoms with van der Waals surface area (Å²) >= 11 is 8.97. The summed E-state index contributed by atoms with van der Waals surface area (Å²) < 4.78 is 6.29. The number of nitrogens with zero attached hydrogens (tertiary/aromatic N) is 1. The topological polar surface area (TPSA) is 51.2 Å². The fourth-order valence-corrected chi connectivity index (χ4v) is 1.70. The lowest BCUT2D eigenvalue weighted by molar-refractivity contribution is -0.118. The van der Waals surface area contributed by atoms with Gasteiger partial charge in [-0.2, -0.15) is 0 Å². The SMILES string of the molecule is O=C(COc1ccc(Br)cc1)Nc1ccc(Cl)nc1. The molecular formula is C13H10BrClN2O2. The summed E-state index contributed by atoms with van der Waals surface area (Å²) in [4.78, 5) is 15.5. The van der Waals surface area contributed by atoms with Gasteiger partial charge in [-0.1, -0.05) is 27.5 Å². The Morgan fingerprint density at radius 1 is 1.26 bits per heavy atom. The number of ether oxygens (including phenoxy) is 1. The molecule has 0 saturated carbocycles. The molecular weight excluding hydrogens is 332 g/mol. The third-order valence-corrected chi connectivity index (χ3v) is 2.95. The Labute approximate surface area is 123 Å². The van der Waals surface area contributed by atoms with Crippen molar-refractivity contribution in [2.75, 3.05) is 11.9 Å². The van der Waals surface area contributed by atoms with Crippen LogP contribution in [0.5, 0.6) is 5.75 Å². The second kappa shape index (κ2) is 6.54. The Morgan fingerprint density at radius 3 is 2.63 bits per heavy atom. The number of anilines is 1. The number of aromatic nitrogens is 1. The van der Waals surface area contributed by atoms with Crippen LogP contribution in [-0.2, 0) is 4.79 Å². The van der Waals surface area contributed by atoms with Gasteiger partial charge in [0.2, 0.25) is 0 Å². The van der Waals surface area contributed by atoms with Crippen LogP contribution in [0.3, 0.4) is 0 Å². The van der Waals surface area contributed by atoms with Crippen molar-refractivity contribution in [1.29, 1.82) is 0 Å². The monoisotopic (exact) mass is 340 g/mol. The van der Waals surface area contributed by atoms with Crippen LogP contribution in [0, 0.1) is 0 Å². The number of hydrogen-bond acceptors (Lipinski definition) is 3. The van der Waals surface area contributed by atoms with E-state index < -0.39 is 0 Å². The fraction of sp³-hybridized carbons (Fsp3) is 0.0769. The van der Waals surface area contributed by atoms with Crippen molar-refractivity contribution >= 4 is 39.1 Å². The summed E-state index contributed by atoms with van der Waals surface area (Å²) in [6.45, 7) is -0.0652. The van der Waals surface area contributed by atoms with Crippen molar-refractivity contribution in [3.8, 4) is 5.75 Å². The van der Waals surface area contributed by atoms with E-state index in [-0.39, 0.29) is 12.5 Å². The maximum Gasteiger partial charge on any atom is 0.262 e. The maximum atomic E-state index is 11.6. The van der Waals surface area contributed by atoms with Crippen molar-refractivity contribution in [3.63, 3.8) is 0 Å². The van der Waals surface area contributed by atoms with Crippen LogP contribution in [0.25, 0.3) is 0 Å². The molecule has 98 valence electrons. The smallest absolute Gasteiger partial charge is 0.262 e. The van der Waals surface area contributed by atoms with Crippen molar-refractivity contribution in [2.45, 2.75) is 0 Å². The normalized spacial score (nSPS) is 10.0. The number of rotatable bonds is 4. The Balaban J connectivity index is 1.84. The third-order valence-electron chi connectivity index (χ3n) is 2.19. The van der Waals surface area contributed by atoms with Gasteiger partial charge in [-0.25, -0.2) is 4.98 Å². The summed E-state index contributed by atoms with van der Waals surface area (Å²) in [5.41, 5.74) is 0.578. The zero-order chi connectivity index (χ0) is 13.7. The molecule has 0 bridgehead atoms. The number of halogens is 2. The van der Waals surface area contributed by atoms with Crippen LogP contribution in [0.1, 0.15) is 0 Å². The first-order valence-electron chi connectivity index (χ1n) is 5.43. The van der Waals surface area contributed by atoms with Crippen LogP contribution in [-0.4, -0.2) is 17.5 Å². The van der Waals surface area contributed by atoms with Crippen LogP contribution in [0.4, 0.5) is 5.69 Å². The molecule has 1 aromatic carbocycles. The number of pyridine rings is 1. The molecule has 2 aromatic rings. The van der Waals surface area contributed by atoms with Crippen molar-refractivity contribution in [3.05, 3.63) is 52.2 Å². The first-order valence-corrected chi connectivity index (χ1v) is 6.60. The van der Waals surface area contributed by atoms with Gasteiger partial charge in [-0.15, -0.1) is 0 Å². The lowest BCUT2D eigenvalue weighted by Crippen LogP contribution is -2.20. The molecule has 4 nitrogen and oxygen atoms in total. The molecule has 0 saturated heterocycles. The van der Waals surface area contributed by atoms with E-state index in [4.69, 9.17) is 16.3 Å². The Bertz CT molecular complexity index is 558. The van der Waals surface area contributed by atoms with E-state index in [1.54, 1.807) is 24.3 Å². The highest BCUT2D eigenvalue weighted by Crippen LogP contribution is 2.16. The molecule has 1 N–H and O–H groups in total. The van der Waals surface area contributed by atoms with E-state index in [2.05, 4.69) is 26.2 Å². The maximum absolute atomic E-state index is 11.6. The number of amides is 1. The van der Waals surface area contributed by atoms with E-state index in [1.165, 1.54) is 6.20 Å². The third kappa shape index (κ3) is 4.54. The van der Waals surface area contributed by atoms with E-state index >= 15 is 0 Å². The molecule has 1 aromatic heterocycles. The van der Waals surface area contributed by atoms with Gasteiger partial charge in [0.25, 0.3) is 5.91 Å². The minimum atomic E-state index is -0.257. The number of carbonyl (C=O) groups excluding carboxylic acids is 1. The minimum absolute atomic E-state index is 0.0652. The highest BCUT2D eigenvalue weighted by molar-refractivity contribution is 9.10. The molecule has 0 unspecified atom stereocenters. The number of benzene rings is 1. The second-order valence-corrected chi connectivity index (χ2v) is 4.96. The van der Waals surface area contributed by atoms with Crippen LogP contribution < -0.4 is 10.1 Å². The van der Waals surface area contributed by atoms with Crippen molar-refractivity contribution in [2.24, 2.45) is 0 Å². The van der Waals surface area contributed by atoms with E-state index in [0.29, 0.717) is 16.6 Å². The minimum Gasteiger partial charge on any atom is -0.484 e. The van der Waals surface area contributed by atoms with Gasteiger partial charge >= 0.3 is 0 Å². The Kier molecular flexibility index (Phi) is 4.76. The summed E-state index contributed by atoms with van der Waals surface area (Å²) in [5.74, 6) is 0.375. The lowest BCUT2D eigenvalue weighted by atomic mass is 10.3. The van der Waals surface area contributed by atoms with E-state index in [0.717, 1.165) is 4.47 Å². The zero-order valence-corrected chi connectivity index (χ0v) is 12.1. The van der Waals surface area contributed by atoms with Crippen LogP contribution >= 0.6 is 27.5 Å². The Hall–Kier alpha value is -1.59. The Morgan fingerprint density at radius 2 is 2.00 bits per heavy atom. The van der Waals surface area contributed by atoms with Gasteiger partial charge in [-0.05, 0) is 36.4 Å². The first kappa shape index (κ1) is 13.8. The molecule has 2 rings (SSSR count). The number of nitrogens with one attached hydrogen (secondary N) is 1. The second-order valence-electron chi connectivity index (χ2n) is 3.66. The number of hydrogen-bond donors (Lipinski definition) is 1. The molecule has 0 atom stereocenters. The van der Waals surface area contributed by atoms with Crippen LogP contribution in [0.15, 0.2) is 47.1 Å². The lowest BCUT2D eigenvalue weighted by Gasteiger charge is -2.07. The largest absolute Gasteiger partial charge is 0.484 e. The summed E-state index contributed by atoms with van der Waals surface area (Å²) in [6, 6.07) is 10.5. The molecule has 0 radical (unpaired) electrons. The molecule has 0 fully saturated rings. The predicted molar refractivity (Wildman–Crippen MR) is 77.5 cm³/mol. The summed E-state index contributed by atoms with van der Waals surface area (Å²) in [6.07, 6.45) is 1.49. The highest BCUT2D eigenvalue weighted by Gasteiger charge is 2.04. The van der Waals surface area contributed by atoms with Gasteiger partial charge in [0.15, 0.2) is 6.61 Å². The van der Waals surface area contributed by atoms with Gasteiger partial charge in [-0.3, -0.25) is 4.79 Å². The predicted octanol–water partition coefficient (Wildman–Crippen LogP) is 3.52. The molecule has 0 aliphatic carbocycles. The molecule has 1 amide bonds. The van der Waals surface area contributed by atoms with Crippen molar-refractivity contribution < 1.29 is 9.53 Å². The average Bonchev–Trinajstić information content (AvgIpc) is 2.41. The molecule has 19 heavy (non-hydrogen) atoms. The zero-order valence-electron chi connectivity index (χ0n) is 9.77. The van der Waals surface area contributed by atoms with Gasteiger partial charge < -0.3 is 10.1 Å². The molecule has 1 heterocycles. The fourth-order valence-electron chi connectivity index (χ4n) is 1.33.